The molecule has 2 amide bonds. The molecule has 18 heteroatoms. The molecule has 0 spiro atoms. The highest BCUT2D eigenvalue weighted by Crippen LogP contribution is 2.34. The molecule has 10 rings (SSSR count). The van der Waals surface area contributed by atoms with Crippen LogP contribution in [0, 0.1) is 13.8 Å². The Morgan fingerprint density at radius 1 is 0.488 bits per heavy atom. The molecule has 2 N–H and O–H groups in total. The van der Waals surface area contributed by atoms with Gasteiger partial charge in [0.1, 0.15) is 24.7 Å². The number of ether oxygens (including phenoxy) is 4. The maximum atomic E-state index is 15.3. The number of aromatic hydroxyl groups is 2. The molecule has 0 radical (unpaired) electrons. The summed E-state index contributed by atoms with van der Waals surface area (Å²) in [5.41, 5.74) is 6.22. The molecule has 0 aliphatic rings. The Morgan fingerprint density at radius 3 is 1.24 bits per heavy atom. The number of carbonyl (C=O) groups excluding carboxylic acids is 2. The van der Waals surface area contributed by atoms with Crippen LogP contribution < -0.4 is 18.9 Å². The number of hydrogen-bond acceptors (Lipinski definition) is 12. The molecule has 10 aromatic rings. The minimum Gasteiger partial charge on any atom is -0.504 e. The van der Waals surface area contributed by atoms with E-state index in [1.165, 1.54) is 81.0 Å². The molecule has 2 heterocycles. The fraction of sp³-hybridized carbons (Fsp3) is 0.147. The van der Waals surface area contributed by atoms with Crippen molar-refractivity contribution in [3.8, 4) is 34.5 Å². The molecular weight excluding hydrogens is 1130 g/mol. The zero-order valence-electron chi connectivity index (χ0n) is 47.6. The number of fused-ring (bicyclic) bond motifs is 2. The number of phenols is 2. The number of aromatic nitrogens is 2. The summed E-state index contributed by atoms with van der Waals surface area (Å²) in [6.45, 7) is 3.76. The third kappa shape index (κ3) is 13.3. The van der Waals surface area contributed by atoms with E-state index in [-0.39, 0.29) is 71.9 Å². The molecule has 0 aliphatic carbocycles. The van der Waals surface area contributed by atoms with Crippen molar-refractivity contribution in [3.63, 3.8) is 0 Å². The molecule has 0 saturated carbocycles. The van der Waals surface area contributed by atoms with E-state index in [9.17, 15) is 27.0 Å². The van der Waals surface area contributed by atoms with Crippen molar-refractivity contribution in [1.29, 1.82) is 0 Å². The van der Waals surface area contributed by atoms with Crippen LogP contribution in [0.2, 0.25) is 0 Å². The third-order valence-corrected chi connectivity index (χ3v) is 17.9. The normalized spacial score (nSPS) is 11.8. The minimum absolute atomic E-state index is 0.0134. The largest absolute Gasteiger partial charge is 0.504 e. The van der Waals surface area contributed by atoms with Crippen LogP contribution in [0.4, 0.5) is 0 Å². The third-order valence-electron chi connectivity index (χ3n) is 14.5. The second-order valence-corrected chi connectivity index (χ2v) is 24.0. The zero-order valence-corrected chi connectivity index (χ0v) is 49.2. The summed E-state index contributed by atoms with van der Waals surface area (Å²) >= 11 is 0. The van der Waals surface area contributed by atoms with Gasteiger partial charge < -0.3 is 29.2 Å². The summed E-state index contributed by atoms with van der Waals surface area (Å²) in [6, 6.07) is 51.6. The van der Waals surface area contributed by atoms with E-state index in [2.05, 4.69) is 0 Å². The number of phenolic OH excluding ortho intramolecular Hbond substituents is 2. The summed E-state index contributed by atoms with van der Waals surface area (Å²) < 4.78 is 84.3. The fourth-order valence-electron chi connectivity index (χ4n) is 9.85. The van der Waals surface area contributed by atoms with Crippen molar-refractivity contribution in [2.45, 2.75) is 49.7 Å². The highest BCUT2D eigenvalue weighted by atomic mass is 32.2. The first-order valence-electron chi connectivity index (χ1n) is 27.5. The van der Waals surface area contributed by atoms with Crippen molar-refractivity contribution < 1.29 is 55.6 Å². The van der Waals surface area contributed by atoms with Gasteiger partial charge >= 0.3 is 0 Å². The first-order valence-corrected chi connectivity index (χ1v) is 30.4. The van der Waals surface area contributed by atoms with Crippen LogP contribution in [0.3, 0.4) is 0 Å². The summed E-state index contributed by atoms with van der Waals surface area (Å²) in [4.78, 5) is 30.6. The Kier molecular flexibility index (Phi) is 17.8. The topological polar surface area (TPSA) is 196 Å². The maximum Gasteiger partial charge on any atom is 0.268 e. The number of amides is 2. The van der Waals surface area contributed by atoms with Gasteiger partial charge in [-0.3, -0.25) is 9.59 Å². The fourth-order valence-corrected chi connectivity index (χ4v) is 12.6. The molecule has 0 atom stereocenters. The Hall–Kier alpha value is -10.0. The van der Waals surface area contributed by atoms with Crippen molar-refractivity contribution in [2.24, 2.45) is 0 Å². The molecule has 86 heavy (non-hydrogen) atoms. The van der Waals surface area contributed by atoms with E-state index < -0.39 is 31.9 Å². The van der Waals surface area contributed by atoms with Crippen LogP contribution in [0.5, 0.6) is 34.5 Å². The summed E-state index contributed by atoms with van der Waals surface area (Å²) in [6.07, 6.45) is 8.58. The van der Waals surface area contributed by atoms with Crippen LogP contribution in [0.25, 0.3) is 34.0 Å². The number of rotatable bonds is 22. The summed E-state index contributed by atoms with van der Waals surface area (Å²) in [5, 5.41) is 24.4. The van der Waals surface area contributed by atoms with E-state index in [0.717, 1.165) is 22.3 Å². The zero-order chi connectivity index (χ0) is 60.5. The van der Waals surface area contributed by atoms with E-state index in [1.54, 1.807) is 109 Å². The molecule has 0 unspecified atom stereocenters. The van der Waals surface area contributed by atoms with Gasteiger partial charge in [-0.2, -0.15) is 0 Å². The smallest absolute Gasteiger partial charge is 0.268 e. The second-order valence-electron chi connectivity index (χ2n) is 20.4. The van der Waals surface area contributed by atoms with Crippen molar-refractivity contribution in [2.75, 3.05) is 27.3 Å². The lowest BCUT2D eigenvalue weighted by atomic mass is 10.1. The number of methoxy groups -OCH3 is 2. The second kappa shape index (κ2) is 25.8. The van der Waals surface area contributed by atoms with Gasteiger partial charge in [-0.05, 0) is 157 Å². The first-order chi connectivity index (χ1) is 41.5. The molecule has 0 fully saturated rings. The van der Waals surface area contributed by atoms with Crippen LogP contribution in [-0.2, 0) is 55.7 Å². The predicted molar refractivity (Wildman–Crippen MR) is 331 cm³/mol. The number of hydrogen-bond donors (Lipinski definition) is 2. The molecule has 0 bridgehead atoms. The van der Waals surface area contributed by atoms with E-state index in [4.69, 9.17) is 18.9 Å². The number of benzene rings is 8. The highest BCUT2D eigenvalue weighted by molar-refractivity contribution is 7.90. The van der Waals surface area contributed by atoms with Gasteiger partial charge in [0.05, 0.1) is 35.0 Å². The minimum atomic E-state index is -4.21. The van der Waals surface area contributed by atoms with Gasteiger partial charge in [-0.25, -0.2) is 34.8 Å². The van der Waals surface area contributed by atoms with Crippen LogP contribution >= 0.6 is 0 Å². The van der Waals surface area contributed by atoms with Crippen molar-refractivity contribution in [1.82, 2.24) is 18.0 Å². The Morgan fingerprint density at radius 2 is 0.872 bits per heavy atom. The molecule has 8 aromatic carbocycles. The number of nitrogens with zero attached hydrogens (tertiary/aromatic N) is 4. The van der Waals surface area contributed by atoms with E-state index in [0.29, 0.717) is 55.6 Å². The number of carbonyl (C=O) groups is 2. The lowest BCUT2D eigenvalue weighted by Crippen LogP contribution is -2.50. The lowest BCUT2D eigenvalue weighted by molar-refractivity contribution is -0.157. The predicted octanol–water partition coefficient (Wildman–Crippen LogP) is 12.1. The SMILES string of the molecule is COc1cc(/C=C/C(=O)N(CCc2cn(S(=O)(=O)c3ccc(C)cc3)c3ccc(OCc4ccccc4)cc23)N(CCc2cn(S(=O)(=O)c3ccc(C)cc3)c3ccc(OCc4ccccc4)cc23)C(=O)/C=C/c2ccc(O)c(OC)c2)ccc1O. The lowest BCUT2D eigenvalue weighted by Gasteiger charge is -2.34. The Labute approximate surface area is 499 Å². The Bertz CT molecular complexity index is 4110. The number of aryl methyl sites for hydroxylation is 2. The monoisotopic (exact) mass is 1190 g/mol. The molecular formula is C68H62N4O12S2. The van der Waals surface area contributed by atoms with Gasteiger partial charge in [0.2, 0.25) is 0 Å². The summed E-state index contributed by atoms with van der Waals surface area (Å²) in [7, 11) is -5.62. The average Bonchev–Trinajstić information content (AvgIpc) is 1.95. The molecule has 0 aliphatic heterocycles. The van der Waals surface area contributed by atoms with Gasteiger partial charge in [0.15, 0.2) is 23.0 Å². The van der Waals surface area contributed by atoms with Gasteiger partial charge in [0, 0.05) is 48.4 Å². The van der Waals surface area contributed by atoms with Crippen molar-refractivity contribution >= 4 is 65.8 Å². The molecule has 438 valence electrons. The van der Waals surface area contributed by atoms with E-state index >= 15 is 9.59 Å². The van der Waals surface area contributed by atoms with Gasteiger partial charge in [-0.1, -0.05) is 108 Å². The van der Waals surface area contributed by atoms with E-state index in [1.807, 2.05) is 74.5 Å². The van der Waals surface area contributed by atoms with Crippen molar-refractivity contribution in [3.05, 3.63) is 251 Å². The molecule has 0 saturated heterocycles. The number of hydrazine groups is 1. The standard InChI is InChI=1S/C68H62N4O12S2/c1-47-15-25-57(26-16-47)85(77,78)71-43-53(59-41-55(23-29-61(59)71)83-45-51-11-7-5-8-12-51)35-37-69(67(75)33-21-49-19-31-63(73)65(39-49)81-3)70(68(76)34-22-50-20-32-64(74)66(40-50)82-4)38-36-54-44-72(86(79,80)58-27-17-48(2)18-28-58)62-30-24-56(42-60(54)62)84-46-52-13-9-6-10-14-52/h5-34,39-44,73-74H,35-38,45-46H2,1-4H3/b33-21+,34-22+. The summed E-state index contributed by atoms with van der Waals surface area (Å²) in [5.74, 6) is -0.351. The highest BCUT2D eigenvalue weighted by Gasteiger charge is 2.29. The average molecular weight is 1190 g/mol. The molecule has 2 aromatic heterocycles. The molecule has 16 nitrogen and oxygen atoms in total. The quantitative estimate of drug-likeness (QED) is 0.0482. The van der Waals surface area contributed by atoms with Gasteiger partial charge in [-0.15, -0.1) is 0 Å². The van der Waals surface area contributed by atoms with Crippen LogP contribution in [0.15, 0.2) is 216 Å². The van der Waals surface area contributed by atoms with Gasteiger partial charge in [0.25, 0.3) is 31.9 Å². The van der Waals surface area contributed by atoms with Crippen LogP contribution in [0.1, 0.15) is 44.5 Å². The first kappa shape index (κ1) is 59.1. The maximum absolute atomic E-state index is 15.3. The van der Waals surface area contributed by atoms with Crippen LogP contribution in [-0.4, -0.2) is 84.1 Å². The Balaban J connectivity index is 1.09.